The van der Waals surface area contributed by atoms with Crippen LogP contribution in [0.5, 0.6) is 0 Å². The van der Waals surface area contributed by atoms with E-state index in [0.717, 1.165) is 12.5 Å². The zero-order chi connectivity index (χ0) is 12.1. The minimum Gasteiger partial charge on any atom is -0.382 e. The van der Waals surface area contributed by atoms with E-state index in [9.17, 15) is 16.8 Å². The van der Waals surface area contributed by atoms with Crippen molar-refractivity contribution in [3.8, 4) is 0 Å². The molecule has 0 heterocycles. The summed E-state index contributed by atoms with van der Waals surface area (Å²) in [5.74, 6) is 0. The Balaban J connectivity index is 4.29. The molecule has 0 fully saturated rings. The maximum atomic E-state index is 10.8. The van der Waals surface area contributed by atoms with Gasteiger partial charge in [0.25, 0.3) is 20.2 Å². The normalized spacial score (nSPS) is 15.1. The fraction of sp³-hybridized carbons (Fsp3) is 1.00. The van der Waals surface area contributed by atoms with Crippen molar-refractivity contribution >= 4 is 20.2 Å². The van der Waals surface area contributed by atoms with Crippen LogP contribution in [-0.4, -0.2) is 55.8 Å². The molecular formula is C6H14O7S2. The summed E-state index contributed by atoms with van der Waals surface area (Å²) >= 11 is 0. The molecule has 0 saturated heterocycles. The van der Waals surface area contributed by atoms with Gasteiger partial charge in [-0.05, 0) is 0 Å². The van der Waals surface area contributed by atoms with E-state index in [1.807, 2.05) is 0 Å². The average Bonchev–Trinajstić information content (AvgIpc) is 1.96. The fourth-order valence-electron chi connectivity index (χ4n) is 0.736. The highest BCUT2D eigenvalue weighted by Gasteiger charge is 2.18. The highest BCUT2D eigenvalue weighted by molar-refractivity contribution is 7.86. The maximum absolute atomic E-state index is 10.8. The van der Waals surface area contributed by atoms with Gasteiger partial charge in [-0.2, -0.15) is 16.8 Å². The highest BCUT2D eigenvalue weighted by Crippen LogP contribution is 2.01. The van der Waals surface area contributed by atoms with Crippen LogP contribution in [0.15, 0.2) is 0 Å². The lowest BCUT2D eigenvalue weighted by Crippen LogP contribution is -2.28. The van der Waals surface area contributed by atoms with E-state index in [4.69, 9.17) is 0 Å². The maximum Gasteiger partial charge on any atom is 0.264 e. The topological polar surface area (TPSA) is 96.0 Å². The molecule has 15 heavy (non-hydrogen) atoms. The van der Waals surface area contributed by atoms with Gasteiger partial charge in [-0.3, -0.25) is 8.37 Å². The summed E-state index contributed by atoms with van der Waals surface area (Å²) in [6.07, 6.45) is 0.743. The standard InChI is InChI=1S/C6H14O7S2/c1-11-4-6(13-15(3,9)10)5-12-14(2,7)8/h6H,4-5H2,1-3H3. The zero-order valence-electron chi connectivity index (χ0n) is 8.67. The third-order valence-electron chi connectivity index (χ3n) is 1.13. The molecule has 0 aliphatic rings. The molecule has 0 saturated carbocycles. The second-order valence-electron chi connectivity index (χ2n) is 2.87. The molecule has 0 aliphatic heterocycles. The van der Waals surface area contributed by atoms with Gasteiger partial charge in [-0.1, -0.05) is 0 Å². The minimum atomic E-state index is -3.67. The lowest BCUT2D eigenvalue weighted by molar-refractivity contribution is 0.0551. The van der Waals surface area contributed by atoms with Crippen LogP contribution in [0.3, 0.4) is 0 Å². The van der Waals surface area contributed by atoms with Crippen molar-refractivity contribution in [1.29, 1.82) is 0 Å². The minimum absolute atomic E-state index is 0.0808. The Morgan fingerprint density at radius 3 is 1.87 bits per heavy atom. The molecule has 0 aromatic heterocycles. The van der Waals surface area contributed by atoms with Crippen LogP contribution in [0.4, 0.5) is 0 Å². The molecule has 0 spiro atoms. The molecule has 0 N–H and O–H groups in total. The zero-order valence-corrected chi connectivity index (χ0v) is 10.3. The van der Waals surface area contributed by atoms with Gasteiger partial charge in [0.1, 0.15) is 6.10 Å². The molecule has 0 aromatic carbocycles. The van der Waals surface area contributed by atoms with Crippen LogP contribution in [0.1, 0.15) is 0 Å². The van der Waals surface area contributed by atoms with E-state index in [1.54, 1.807) is 0 Å². The van der Waals surface area contributed by atoms with Crippen LogP contribution >= 0.6 is 0 Å². The Hall–Kier alpha value is -0.220. The second-order valence-corrected chi connectivity index (χ2v) is 6.11. The van der Waals surface area contributed by atoms with Crippen molar-refractivity contribution < 1.29 is 29.9 Å². The van der Waals surface area contributed by atoms with Crippen LogP contribution in [0.2, 0.25) is 0 Å². The first-order valence-corrected chi connectivity index (χ1v) is 7.49. The molecular weight excluding hydrogens is 248 g/mol. The molecule has 9 heteroatoms. The van der Waals surface area contributed by atoms with E-state index in [2.05, 4.69) is 13.1 Å². The van der Waals surface area contributed by atoms with Gasteiger partial charge in [0, 0.05) is 7.11 Å². The molecule has 92 valence electrons. The first-order valence-electron chi connectivity index (χ1n) is 3.85. The molecule has 0 aromatic rings. The molecule has 0 radical (unpaired) electrons. The van der Waals surface area contributed by atoms with Crippen LogP contribution in [-0.2, 0) is 33.3 Å². The Labute approximate surface area is 89.6 Å². The number of hydrogen-bond donors (Lipinski definition) is 0. The number of ether oxygens (including phenoxy) is 1. The Bertz CT molecular complexity index is 368. The van der Waals surface area contributed by atoms with Gasteiger partial charge in [0.15, 0.2) is 0 Å². The molecule has 0 aliphatic carbocycles. The van der Waals surface area contributed by atoms with Crippen molar-refractivity contribution in [3.05, 3.63) is 0 Å². The Morgan fingerprint density at radius 2 is 1.53 bits per heavy atom. The Morgan fingerprint density at radius 1 is 1.00 bits per heavy atom. The Kier molecular flexibility index (Phi) is 5.67. The highest BCUT2D eigenvalue weighted by atomic mass is 32.2. The molecule has 0 amide bonds. The van der Waals surface area contributed by atoms with Gasteiger partial charge in [0.2, 0.25) is 0 Å². The summed E-state index contributed by atoms with van der Waals surface area (Å²) in [7, 11) is -5.96. The van der Waals surface area contributed by atoms with Crippen LogP contribution < -0.4 is 0 Å². The van der Waals surface area contributed by atoms with Crippen molar-refractivity contribution in [3.63, 3.8) is 0 Å². The average molecular weight is 262 g/mol. The predicted octanol–water partition coefficient (Wildman–Crippen LogP) is -1.05. The summed E-state index contributed by atoms with van der Waals surface area (Å²) in [5.41, 5.74) is 0. The molecule has 7 nitrogen and oxygen atoms in total. The van der Waals surface area contributed by atoms with E-state index < -0.39 is 32.9 Å². The van der Waals surface area contributed by atoms with Crippen molar-refractivity contribution in [1.82, 2.24) is 0 Å². The summed E-state index contributed by atoms with van der Waals surface area (Å²) in [5, 5.41) is 0. The van der Waals surface area contributed by atoms with E-state index >= 15 is 0 Å². The summed E-state index contributed by atoms with van der Waals surface area (Å²) in [6, 6.07) is 0. The first-order chi connectivity index (χ1) is 6.64. The molecule has 1 atom stereocenters. The van der Waals surface area contributed by atoms with E-state index in [1.165, 1.54) is 7.11 Å². The molecule has 0 bridgehead atoms. The largest absolute Gasteiger partial charge is 0.382 e. The van der Waals surface area contributed by atoms with Crippen LogP contribution in [0, 0.1) is 0 Å². The van der Waals surface area contributed by atoms with Gasteiger partial charge in [0.05, 0.1) is 25.7 Å². The number of methoxy groups -OCH3 is 1. The van der Waals surface area contributed by atoms with Gasteiger partial charge < -0.3 is 4.74 Å². The first kappa shape index (κ1) is 14.8. The summed E-state index contributed by atoms with van der Waals surface area (Å²) in [6.45, 7) is -0.484. The molecule has 0 rings (SSSR count). The third kappa shape index (κ3) is 10.1. The SMILES string of the molecule is COCC(COS(C)(=O)=O)OS(C)(=O)=O. The van der Waals surface area contributed by atoms with E-state index in [-0.39, 0.29) is 6.61 Å². The van der Waals surface area contributed by atoms with Crippen molar-refractivity contribution in [2.75, 3.05) is 32.8 Å². The number of hydrogen-bond acceptors (Lipinski definition) is 7. The quantitative estimate of drug-likeness (QED) is 0.540. The second kappa shape index (κ2) is 5.75. The molecule has 1 unspecified atom stereocenters. The van der Waals surface area contributed by atoms with Crippen molar-refractivity contribution in [2.24, 2.45) is 0 Å². The predicted molar refractivity (Wildman–Crippen MR) is 52.4 cm³/mol. The fourth-order valence-corrected chi connectivity index (χ4v) is 1.74. The van der Waals surface area contributed by atoms with Gasteiger partial charge in [-0.15, -0.1) is 0 Å². The van der Waals surface area contributed by atoms with E-state index in [0.29, 0.717) is 0 Å². The van der Waals surface area contributed by atoms with Gasteiger partial charge in [-0.25, -0.2) is 0 Å². The monoisotopic (exact) mass is 262 g/mol. The lowest BCUT2D eigenvalue weighted by atomic mass is 10.4. The summed E-state index contributed by atoms with van der Waals surface area (Å²) < 4.78 is 56.4. The smallest absolute Gasteiger partial charge is 0.264 e. The van der Waals surface area contributed by atoms with Gasteiger partial charge >= 0.3 is 0 Å². The number of rotatable bonds is 7. The third-order valence-corrected chi connectivity index (χ3v) is 2.32. The lowest BCUT2D eigenvalue weighted by Gasteiger charge is -2.14. The van der Waals surface area contributed by atoms with Crippen molar-refractivity contribution in [2.45, 2.75) is 6.10 Å². The summed E-state index contributed by atoms with van der Waals surface area (Å²) in [4.78, 5) is 0. The van der Waals surface area contributed by atoms with Crippen LogP contribution in [0.25, 0.3) is 0 Å².